The summed E-state index contributed by atoms with van der Waals surface area (Å²) in [7, 11) is 3.50. The number of aromatic hydroxyl groups is 1. The molecule has 0 spiro atoms. The fourth-order valence-electron chi connectivity index (χ4n) is 2.71. The maximum Gasteiger partial charge on any atom is 0.234 e. The third-order valence-corrected chi connectivity index (χ3v) is 4.10. The Morgan fingerprint density at radius 1 is 1.35 bits per heavy atom. The molecular formula is C18H22N2O3. The van der Waals surface area contributed by atoms with E-state index in [1.807, 2.05) is 36.2 Å². The zero-order valence-electron chi connectivity index (χ0n) is 13.5. The van der Waals surface area contributed by atoms with E-state index < -0.39 is 0 Å². The molecule has 0 bridgehead atoms. The molecule has 23 heavy (non-hydrogen) atoms. The van der Waals surface area contributed by atoms with E-state index >= 15 is 0 Å². The third-order valence-electron chi connectivity index (χ3n) is 4.10. The second-order valence-electron chi connectivity index (χ2n) is 6.16. The van der Waals surface area contributed by atoms with Gasteiger partial charge in [-0.15, -0.1) is 0 Å². The minimum absolute atomic E-state index is 0.0345. The summed E-state index contributed by atoms with van der Waals surface area (Å²) in [6.45, 7) is 0.810. The first-order chi connectivity index (χ1) is 11.1. The zero-order valence-corrected chi connectivity index (χ0v) is 13.5. The van der Waals surface area contributed by atoms with Crippen molar-refractivity contribution in [2.24, 2.45) is 0 Å². The number of carbonyl (C=O) groups is 1. The number of rotatable bonds is 6. The van der Waals surface area contributed by atoms with Gasteiger partial charge in [-0.3, -0.25) is 9.69 Å². The molecule has 0 heterocycles. The summed E-state index contributed by atoms with van der Waals surface area (Å²) in [6, 6.07) is 9.73. The van der Waals surface area contributed by atoms with Crippen LogP contribution in [-0.2, 0) is 11.3 Å². The molecule has 0 atom stereocenters. The molecule has 1 fully saturated rings. The molecule has 0 aromatic heterocycles. The predicted molar refractivity (Wildman–Crippen MR) is 89.7 cm³/mol. The standard InChI is InChI=1S/C18H22N2O3/c1-20(11-18(22)19-13-5-6-13)10-16-15-9-14(23-2)7-3-12(15)4-8-17(16)21/h3-4,7-9,13,21H,5-6,10-11H2,1-2H3,(H,19,22). The Labute approximate surface area is 135 Å². The van der Waals surface area contributed by atoms with Gasteiger partial charge in [0.25, 0.3) is 0 Å². The minimum Gasteiger partial charge on any atom is -0.508 e. The molecule has 0 saturated heterocycles. The summed E-state index contributed by atoms with van der Waals surface area (Å²) in [4.78, 5) is 13.8. The fourth-order valence-corrected chi connectivity index (χ4v) is 2.71. The molecule has 1 saturated carbocycles. The van der Waals surface area contributed by atoms with E-state index in [2.05, 4.69) is 5.32 Å². The highest BCUT2D eigenvalue weighted by Gasteiger charge is 2.23. The van der Waals surface area contributed by atoms with Gasteiger partial charge < -0.3 is 15.2 Å². The average molecular weight is 314 g/mol. The number of fused-ring (bicyclic) bond motifs is 1. The Morgan fingerprint density at radius 3 is 2.78 bits per heavy atom. The van der Waals surface area contributed by atoms with Crippen LogP contribution < -0.4 is 10.1 Å². The van der Waals surface area contributed by atoms with Crippen LogP contribution in [0, 0.1) is 0 Å². The van der Waals surface area contributed by atoms with Gasteiger partial charge in [-0.05, 0) is 48.9 Å². The van der Waals surface area contributed by atoms with Gasteiger partial charge in [-0.25, -0.2) is 0 Å². The van der Waals surface area contributed by atoms with E-state index in [0.717, 1.165) is 34.9 Å². The van der Waals surface area contributed by atoms with Crippen molar-refractivity contribution < 1.29 is 14.6 Å². The van der Waals surface area contributed by atoms with Crippen molar-refractivity contribution in [1.82, 2.24) is 10.2 Å². The maximum absolute atomic E-state index is 11.9. The van der Waals surface area contributed by atoms with E-state index in [9.17, 15) is 9.90 Å². The lowest BCUT2D eigenvalue weighted by molar-refractivity contribution is -0.122. The Balaban J connectivity index is 1.79. The number of benzene rings is 2. The normalized spacial score (nSPS) is 14.2. The van der Waals surface area contributed by atoms with Crippen LogP contribution in [0.2, 0.25) is 0 Å². The molecule has 2 N–H and O–H groups in total. The van der Waals surface area contributed by atoms with Crippen LogP contribution in [0.1, 0.15) is 18.4 Å². The molecule has 5 nitrogen and oxygen atoms in total. The number of nitrogens with zero attached hydrogens (tertiary/aromatic N) is 1. The van der Waals surface area contributed by atoms with E-state index in [0.29, 0.717) is 19.1 Å². The quantitative estimate of drug-likeness (QED) is 0.858. The number of amides is 1. The number of hydrogen-bond acceptors (Lipinski definition) is 4. The lowest BCUT2D eigenvalue weighted by Gasteiger charge is -2.19. The van der Waals surface area contributed by atoms with Gasteiger partial charge in [-0.1, -0.05) is 12.1 Å². The lowest BCUT2D eigenvalue weighted by atomic mass is 10.0. The number of carbonyl (C=O) groups excluding carboxylic acids is 1. The number of phenolic OH excluding ortho intramolecular Hbond substituents is 1. The molecule has 1 aliphatic carbocycles. The van der Waals surface area contributed by atoms with Crippen LogP contribution in [0.15, 0.2) is 30.3 Å². The van der Waals surface area contributed by atoms with Gasteiger partial charge in [0, 0.05) is 18.2 Å². The number of methoxy groups -OCH3 is 1. The Bertz CT molecular complexity index is 726. The number of hydrogen-bond donors (Lipinski definition) is 2. The highest BCUT2D eigenvalue weighted by molar-refractivity contribution is 5.89. The van der Waals surface area contributed by atoms with Crippen LogP contribution in [0.5, 0.6) is 11.5 Å². The molecule has 5 heteroatoms. The number of ether oxygens (including phenoxy) is 1. The van der Waals surface area contributed by atoms with Gasteiger partial charge in [0.15, 0.2) is 0 Å². The molecule has 1 aliphatic rings. The van der Waals surface area contributed by atoms with Crippen molar-refractivity contribution >= 4 is 16.7 Å². The van der Waals surface area contributed by atoms with E-state index in [1.54, 1.807) is 13.2 Å². The summed E-state index contributed by atoms with van der Waals surface area (Å²) >= 11 is 0. The summed E-state index contributed by atoms with van der Waals surface area (Å²) < 4.78 is 5.28. The van der Waals surface area contributed by atoms with Crippen LogP contribution in [-0.4, -0.2) is 42.7 Å². The molecule has 2 aromatic rings. The van der Waals surface area contributed by atoms with Gasteiger partial charge in [0.05, 0.1) is 13.7 Å². The van der Waals surface area contributed by atoms with Gasteiger partial charge in [0.1, 0.15) is 11.5 Å². The number of likely N-dealkylation sites (N-methyl/N-ethyl adjacent to an activating group) is 1. The van der Waals surface area contributed by atoms with E-state index in [1.165, 1.54) is 0 Å². The summed E-state index contributed by atoms with van der Waals surface area (Å²) in [5.74, 6) is 1.02. The Morgan fingerprint density at radius 2 is 2.09 bits per heavy atom. The molecule has 1 amide bonds. The van der Waals surface area contributed by atoms with Crippen molar-refractivity contribution in [3.63, 3.8) is 0 Å². The molecule has 0 unspecified atom stereocenters. The number of nitrogens with one attached hydrogen (secondary N) is 1. The monoisotopic (exact) mass is 314 g/mol. The second-order valence-corrected chi connectivity index (χ2v) is 6.16. The largest absolute Gasteiger partial charge is 0.508 e. The van der Waals surface area contributed by atoms with E-state index in [4.69, 9.17) is 4.74 Å². The predicted octanol–water partition coefficient (Wildman–Crippen LogP) is 2.26. The van der Waals surface area contributed by atoms with Crippen molar-refractivity contribution in [2.75, 3.05) is 20.7 Å². The van der Waals surface area contributed by atoms with Crippen LogP contribution in [0.4, 0.5) is 0 Å². The van der Waals surface area contributed by atoms with Crippen LogP contribution in [0.3, 0.4) is 0 Å². The topological polar surface area (TPSA) is 61.8 Å². The second kappa shape index (κ2) is 6.46. The first-order valence-electron chi connectivity index (χ1n) is 7.83. The molecule has 122 valence electrons. The summed E-state index contributed by atoms with van der Waals surface area (Å²) in [5, 5.41) is 15.2. The van der Waals surface area contributed by atoms with Crippen LogP contribution >= 0.6 is 0 Å². The van der Waals surface area contributed by atoms with Gasteiger partial charge >= 0.3 is 0 Å². The summed E-state index contributed by atoms with van der Waals surface area (Å²) in [6.07, 6.45) is 2.17. The third kappa shape index (κ3) is 3.74. The zero-order chi connectivity index (χ0) is 16.4. The van der Waals surface area contributed by atoms with Crippen molar-refractivity contribution in [3.8, 4) is 11.5 Å². The van der Waals surface area contributed by atoms with Gasteiger partial charge in [-0.2, -0.15) is 0 Å². The van der Waals surface area contributed by atoms with Crippen molar-refractivity contribution in [2.45, 2.75) is 25.4 Å². The highest BCUT2D eigenvalue weighted by Crippen LogP contribution is 2.31. The molecule has 3 rings (SSSR count). The lowest BCUT2D eigenvalue weighted by Crippen LogP contribution is -2.35. The molecule has 0 radical (unpaired) electrons. The smallest absolute Gasteiger partial charge is 0.234 e. The van der Waals surface area contributed by atoms with Crippen molar-refractivity contribution in [3.05, 3.63) is 35.9 Å². The first kappa shape index (κ1) is 15.6. The maximum atomic E-state index is 11.9. The van der Waals surface area contributed by atoms with Gasteiger partial charge in [0.2, 0.25) is 5.91 Å². The van der Waals surface area contributed by atoms with Crippen LogP contribution in [0.25, 0.3) is 10.8 Å². The molecule has 2 aromatic carbocycles. The highest BCUT2D eigenvalue weighted by atomic mass is 16.5. The van der Waals surface area contributed by atoms with Crippen molar-refractivity contribution in [1.29, 1.82) is 0 Å². The Kier molecular flexibility index (Phi) is 4.39. The fraction of sp³-hybridized carbons (Fsp3) is 0.389. The first-order valence-corrected chi connectivity index (χ1v) is 7.83. The van der Waals surface area contributed by atoms with E-state index in [-0.39, 0.29) is 11.7 Å². The molecule has 0 aliphatic heterocycles. The SMILES string of the molecule is COc1ccc2ccc(O)c(CN(C)CC(=O)NC3CC3)c2c1. The molecular weight excluding hydrogens is 292 g/mol. The summed E-state index contributed by atoms with van der Waals surface area (Å²) in [5.41, 5.74) is 0.808. The number of phenols is 1. The minimum atomic E-state index is 0.0345. The average Bonchev–Trinajstić information content (AvgIpc) is 3.33. The Hall–Kier alpha value is -2.27.